The van der Waals surface area contributed by atoms with E-state index in [0.717, 1.165) is 44.9 Å². The number of carbonyl (C=O) groups is 2. The third-order valence-electron chi connectivity index (χ3n) is 8.31. The molecule has 0 bridgehead atoms. The molecule has 6 atom stereocenters. The number of hydrogen-bond acceptors (Lipinski definition) is 3. The molecule has 0 unspecified atom stereocenters. The van der Waals surface area contributed by atoms with Gasteiger partial charge in [-0.3, -0.25) is 9.59 Å². The molecule has 0 heterocycles. The average molecular weight is 331 g/mol. The lowest BCUT2D eigenvalue weighted by Gasteiger charge is -2.58. The molecule has 0 aromatic rings. The Morgan fingerprint density at radius 3 is 2.71 bits per heavy atom. The molecule has 3 fully saturated rings. The number of ketones is 1. The molecular weight excluding hydrogens is 302 g/mol. The smallest absolute Gasteiger partial charge is 0.221 e. The highest BCUT2D eigenvalue weighted by molar-refractivity contribution is 5.91. The van der Waals surface area contributed by atoms with Crippen LogP contribution >= 0.6 is 0 Å². The van der Waals surface area contributed by atoms with E-state index in [9.17, 15) is 14.7 Å². The predicted octanol–water partition coefficient (Wildman–Crippen LogP) is 2.59. The number of amides is 1. The Labute approximate surface area is 143 Å². The summed E-state index contributed by atoms with van der Waals surface area (Å²) in [5.74, 6) is 1.67. The zero-order chi connectivity index (χ0) is 17.1. The van der Waals surface area contributed by atoms with Gasteiger partial charge < -0.3 is 10.8 Å². The Hall–Kier alpha value is -1.16. The Kier molecular flexibility index (Phi) is 3.68. The maximum Gasteiger partial charge on any atom is 0.221 e. The zero-order valence-electron chi connectivity index (χ0n) is 14.6. The number of aliphatic hydroxyl groups is 1. The molecule has 4 nitrogen and oxygen atoms in total. The van der Waals surface area contributed by atoms with Gasteiger partial charge in [0.2, 0.25) is 5.91 Å². The highest BCUT2D eigenvalue weighted by Gasteiger charge is 2.60. The van der Waals surface area contributed by atoms with Crippen LogP contribution in [-0.2, 0) is 9.59 Å². The van der Waals surface area contributed by atoms with Gasteiger partial charge >= 0.3 is 0 Å². The van der Waals surface area contributed by atoms with Gasteiger partial charge in [-0.05, 0) is 74.2 Å². The second-order valence-electron chi connectivity index (χ2n) is 8.94. The van der Waals surface area contributed by atoms with Gasteiger partial charge in [0.15, 0.2) is 5.78 Å². The van der Waals surface area contributed by atoms with Gasteiger partial charge in [-0.2, -0.15) is 0 Å². The van der Waals surface area contributed by atoms with Crippen molar-refractivity contribution in [1.82, 2.24) is 0 Å². The van der Waals surface area contributed by atoms with Crippen molar-refractivity contribution in [2.24, 2.45) is 40.2 Å². The molecule has 4 heteroatoms. The SMILES string of the molecule is C[C@@]12CC[C@@H]3[C@H](CCC4=CC(=O)CC[C@]43CO)[C@H]1CC[C@H]2C(N)=O. The van der Waals surface area contributed by atoms with Crippen LogP contribution in [0.1, 0.15) is 58.3 Å². The molecule has 0 saturated heterocycles. The first-order chi connectivity index (χ1) is 11.4. The summed E-state index contributed by atoms with van der Waals surface area (Å²) in [7, 11) is 0. The van der Waals surface area contributed by atoms with Crippen molar-refractivity contribution in [3.63, 3.8) is 0 Å². The van der Waals surface area contributed by atoms with Crippen LogP contribution in [0.2, 0.25) is 0 Å². The summed E-state index contributed by atoms with van der Waals surface area (Å²) < 4.78 is 0. The molecule has 24 heavy (non-hydrogen) atoms. The average Bonchev–Trinajstić information content (AvgIpc) is 2.91. The first-order valence-electron chi connectivity index (χ1n) is 9.56. The summed E-state index contributed by atoms with van der Waals surface area (Å²) in [6.07, 6.45) is 9.32. The lowest BCUT2D eigenvalue weighted by atomic mass is 9.46. The fourth-order valence-corrected chi connectivity index (χ4v) is 7.13. The predicted molar refractivity (Wildman–Crippen MR) is 90.8 cm³/mol. The molecule has 132 valence electrons. The number of primary amides is 1. The fourth-order valence-electron chi connectivity index (χ4n) is 7.13. The zero-order valence-corrected chi connectivity index (χ0v) is 14.6. The minimum atomic E-state index is -0.178. The van der Waals surface area contributed by atoms with Crippen LogP contribution < -0.4 is 5.73 Å². The van der Waals surface area contributed by atoms with E-state index in [1.807, 2.05) is 6.08 Å². The quantitative estimate of drug-likeness (QED) is 0.816. The molecule has 0 radical (unpaired) electrons. The molecule has 3 saturated carbocycles. The van der Waals surface area contributed by atoms with Crippen LogP contribution in [0, 0.1) is 34.5 Å². The van der Waals surface area contributed by atoms with E-state index in [0.29, 0.717) is 24.2 Å². The molecular formula is C20H29NO3. The van der Waals surface area contributed by atoms with E-state index in [4.69, 9.17) is 5.73 Å². The van der Waals surface area contributed by atoms with Crippen molar-refractivity contribution in [1.29, 1.82) is 0 Å². The van der Waals surface area contributed by atoms with E-state index in [1.165, 1.54) is 5.57 Å². The molecule has 4 rings (SSSR count). The first kappa shape index (κ1) is 16.3. The van der Waals surface area contributed by atoms with Gasteiger partial charge in [-0.1, -0.05) is 12.5 Å². The molecule has 1 amide bonds. The van der Waals surface area contributed by atoms with Gasteiger partial charge in [0, 0.05) is 17.8 Å². The van der Waals surface area contributed by atoms with E-state index >= 15 is 0 Å². The second kappa shape index (κ2) is 5.42. The maximum atomic E-state index is 11.9. The summed E-state index contributed by atoms with van der Waals surface area (Å²) in [4.78, 5) is 23.8. The van der Waals surface area contributed by atoms with Crippen molar-refractivity contribution in [2.75, 3.05) is 6.61 Å². The van der Waals surface area contributed by atoms with Crippen molar-refractivity contribution in [3.05, 3.63) is 11.6 Å². The summed E-state index contributed by atoms with van der Waals surface area (Å²) in [6.45, 7) is 2.44. The molecule has 0 spiro atoms. The van der Waals surface area contributed by atoms with Crippen LogP contribution in [0.25, 0.3) is 0 Å². The first-order valence-corrected chi connectivity index (χ1v) is 9.56. The normalized spacial score (nSPS) is 47.4. The van der Waals surface area contributed by atoms with E-state index in [2.05, 4.69) is 6.92 Å². The maximum absolute atomic E-state index is 11.9. The van der Waals surface area contributed by atoms with Crippen LogP contribution in [0.3, 0.4) is 0 Å². The molecule has 4 aliphatic rings. The van der Waals surface area contributed by atoms with Gasteiger partial charge in [-0.15, -0.1) is 0 Å². The fraction of sp³-hybridized carbons (Fsp3) is 0.800. The van der Waals surface area contributed by atoms with E-state index in [1.54, 1.807) is 0 Å². The monoisotopic (exact) mass is 331 g/mol. The number of nitrogens with two attached hydrogens (primary N) is 1. The summed E-state index contributed by atoms with van der Waals surface area (Å²) in [5.41, 5.74) is 6.77. The number of aliphatic hydroxyl groups excluding tert-OH is 1. The van der Waals surface area contributed by atoms with Crippen molar-refractivity contribution in [2.45, 2.75) is 58.3 Å². The minimum absolute atomic E-state index is 0.0124. The minimum Gasteiger partial charge on any atom is -0.395 e. The Bertz CT molecular complexity index is 612. The number of fused-ring (bicyclic) bond motifs is 5. The largest absolute Gasteiger partial charge is 0.395 e. The van der Waals surface area contributed by atoms with Crippen LogP contribution in [-0.4, -0.2) is 23.4 Å². The lowest BCUT2D eigenvalue weighted by Crippen LogP contribution is -2.53. The van der Waals surface area contributed by atoms with Gasteiger partial charge in [0.1, 0.15) is 0 Å². The van der Waals surface area contributed by atoms with Gasteiger partial charge in [-0.25, -0.2) is 0 Å². The Morgan fingerprint density at radius 1 is 1.21 bits per heavy atom. The van der Waals surface area contributed by atoms with Crippen molar-refractivity contribution in [3.8, 4) is 0 Å². The molecule has 0 aliphatic heterocycles. The van der Waals surface area contributed by atoms with Gasteiger partial charge in [0.25, 0.3) is 0 Å². The van der Waals surface area contributed by atoms with Crippen LogP contribution in [0.15, 0.2) is 11.6 Å². The van der Waals surface area contributed by atoms with Crippen molar-refractivity contribution >= 4 is 11.7 Å². The highest BCUT2D eigenvalue weighted by atomic mass is 16.3. The Morgan fingerprint density at radius 2 is 2.00 bits per heavy atom. The van der Waals surface area contributed by atoms with E-state index in [-0.39, 0.29) is 35.0 Å². The van der Waals surface area contributed by atoms with E-state index < -0.39 is 0 Å². The molecule has 0 aromatic heterocycles. The standard InChI is InChI=1S/C20H29NO3/c1-19-8-7-16-14(15(19)4-5-17(19)18(21)24)3-2-12-10-13(23)6-9-20(12,16)11-22/h10,14-17,22H,2-9,11H2,1H3,(H2,21,24)/t14-,15-,16-,17+,19-,20+/m1/s1. The number of carbonyl (C=O) groups excluding carboxylic acids is 2. The third-order valence-corrected chi connectivity index (χ3v) is 8.31. The summed E-state index contributed by atoms with van der Waals surface area (Å²) in [6, 6.07) is 0. The topological polar surface area (TPSA) is 80.4 Å². The van der Waals surface area contributed by atoms with Crippen LogP contribution in [0.4, 0.5) is 0 Å². The number of rotatable bonds is 2. The molecule has 3 N–H and O–H groups in total. The summed E-state index contributed by atoms with van der Waals surface area (Å²) >= 11 is 0. The summed E-state index contributed by atoms with van der Waals surface area (Å²) in [5, 5.41) is 10.3. The molecule has 4 aliphatic carbocycles. The lowest BCUT2D eigenvalue weighted by molar-refractivity contribution is -0.131. The van der Waals surface area contributed by atoms with Gasteiger partial charge in [0.05, 0.1) is 6.61 Å². The highest BCUT2D eigenvalue weighted by Crippen LogP contribution is 2.66. The second-order valence-corrected chi connectivity index (χ2v) is 8.94. The van der Waals surface area contributed by atoms with Crippen LogP contribution in [0.5, 0.6) is 0 Å². The number of hydrogen-bond donors (Lipinski definition) is 2. The third kappa shape index (κ3) is 2.01. The molecule has 0 aromatic carbocycles. The Balaban J connectivity index is 1.69. The van der Waals surface area contributed by atoms with Crippen molar-refractivity contribution < 1.29 is 14.7 Å².